The number of amides is 1. The second kappa shape index (κ2) is 6.60. The average molecular weight is 382 g/mol. The smallest absolute Gasteiger partial charge is 0.411 e. The number of ether oxygens (including phenoxy) is 1. The van der Waals surface area contributed by atoms with Crippen LogP contribution in [0.15, 0.2) is 48.5 Å². The molecule has 1 amide bonds. The number of nitrogens with zero attached hydrogens (tertiary/aromatic N) is 1. The van der Waals surface area contributed by atoms with Gasteiger partial charge in [0.1, 0.15) is 6.61 Å². The normalized spacial score (nSPS) is 20.2. The average Bonchev–Trinajstić information content (AvgIpc) is 3.14. The van der Waals surface area contributed by atoms with Crippen molar-refractivity contribution in [1.29, 1.82) is 0 Å². The van der Waals surface area contributed by atoms with Crippen molar-refractivity contribution in [3.05, 3.63) is 59.7 Å². The molecule has 4 rings (SSSR count). The quantitative estimate of drug-likeness (QED) is 0.816. The van der Waals surface area contributed by atoms with Gasteiger partial charge in [-0.15, -0.1) is 11.8 Å². The monoisotopic (exact) mass is 382 g/mol. The Morgan fingerprint density at radius 2 is 1.67 bits per heavy atom. The van der Waals surface area contributed by atoms with Crippen molar-refractivity contribution in [3.63, 3.8) is 0 Å². The number of carbonyl (C=O) groups is 2. The number of carboxylic acid groups (broad SMARTS) is 1. The number of carboxylic acids is 1. The van der Waals surface area contributed by atoms with Gasteiger partial charge in [0, 0.05) is 10.7 Å². The van der Waals surface area contributed by atoms with E-state index in [2.05, 4.69) is 12.1 Å². The molecule has 2 aromatic rings. The zero-order valence-electron chi connectivity index (χ0n) is 15.2. The molecule has 0 radical (unpaired) electrons. The van der Waals surface area contributed by atoms with Crippen molar-refractivity contribution in [1.82, 2.24) is 4.90 Å². The summed E-state index contributed by atoms with van der Waals surface area (Å²) in [5, 5.41) is 11.5. The van der Waals surface area contributed by atoms with E-state index in [0.717, 1.165) is 22.3 Å². The van der Waals surface area contributed by atoms with E-state index >= 15 is 0 Å². The van der Waals surface area contributed by atoms with Gasteiger partial charge < -0.3 is 14.6 Å². The third kappa shape index (κ3) is 2.98. The Bertz CT molecular complexity index is 865. The summed E-state index contributed by atoms with van der Waals surface area (Å²) in [6.07, 6.45) is -0.607. The van der Waals surface area contributed by atoms with Gasteiger partial charge in [-0.25, -0.2) is 4.79 Å². The Morgan fingerprint density at radius 3 is 2.22 bits per heavy atom. The van der Waals surface area contributed by atoms with Gasteiger partial charge in [-0.05, 0) is 36.1 Å². The summed E-state index contributed by atoms with van der Waals surface area (Å²) in [6, 6.07) is 15.2. The highest BCUT2D eigenvalue weighted by Crippen LogP contribution is 2.45. The summed E-state index contributed by atoms with van der Waals surface area (Å²) in [6.45, 7) is 3.78. The van der Waals surface area contributed by atoms with Gasteiger partial charge in [-0.2, -0.15) is 0 Å². The van der Waals surface area contributed by atoms with Crippen LogP contribution in [0.5, 0.6) is 0 Å². The molecule has 2 aliphatic rings. The first-order chi connectivity index (χ1) is 12.9. The molecule has 0 saturated carbocycles. The highest BCUT2D eigenvalue weighted by molar-refractivity contribution is 8.00. The topological polar surface area (TPSA) is 69.7 Å². The van der Waals surface area contributed by atoms with Crippen molar-refractivity contribution in [2.75, 3.05) is 12.5 Å². The minimum atomic E-state index is -1.25. The van der Waals surface area contributed by atoms with Crippen LogP contribution < -0.4 is 5.11 Å². The minimum absolute atomic E-state index is 0.0500. The molecule has 0 spiro atoms. The lowest BCUT2D eigenvalue weighted by Gasteiger charge is -2.31. The lowest BCUT2D eigenvalue weighted by Crippen LogP contribution is -2.54. The third-order valence-electron chi connectivity index (χ3n) is 5.34. The predicted molar refractivity (Wildman–Crippen MR) is 102 cm³/mol. The van der Waals surface area contributed by atoms with Crippen molar-refractivity contribution in [2.45, 2.75) is 30.6 Å². The van der Waals surface area contributed by atoms with E-state index in [9.17, 15) is 14.7 Å². The molecule has 1 fully saturated rings. The molecule has 1 aliphatic carbocycles. The molecule has 140 valence electrons. The Kier molecular flexibility index (Phi) is 4.38. The van der Waals surface area contributed by atoms with Crippen LogP contribution in [0.1, 0.15) is 30.9 Å². The summed E-state index contributed by atoms with van der Waals surface area (Å²) < 4.78 is 4.97. The van der Waals surface area contributed by atoms with Crippen molar-refractivity contribution in [3.8, 4) is 11.1 Å². The lowest BCUT2D eigenvalue weighted by molar-refractivity contribution is -0.311. The highest BCUT2D eigenvalue weighted by Gasteiger charge is 2.45. The molecule has 1 saturated heterocycles. The van der Waals surface area contributed by atoms with E-state index in [-0.39, 0.29) is 18.4 Å². The SMILES string of the molecule is CC1(C)SCN(C(=O)OCC2c3ccccc3-c3ccccc32)[C@H]1C(=O)[O-]. The van der Waals surface area contributed by atoms with Crippen LogP contribution >= 0.6 is 11.8 Å². The summed E-state index contributed by atoms with van der Waals surface area (Å²) in [7, 11) is 0. The van der Waals surface area contributed by atoms with Crippen molar-refractivity contribution >= 4 is 23.8 Å². The van der Waals surface area contributed by atoms with E-state index in [1.165, 1.54) is 16.7 Å². The predicted octanol–water partition coefficient (Wildman–Crippen LogP) is 2.84. The molecule has 0 unspecified atom stereocenters. The fourth-order valence-corrected chi connectivity index (χ4v) is 5.12. The number of hydrogen-bond donors (Lipinski definition) is 0. The zero-order valence-corrected chi connectivity index (χ0v) is 16.0. The molecule has 1 aliphatic heterocycles. The number of aliphatic carboxylic acids is 1. The van der Waals surface area contributed by atoms with E-state index < -0.39 is 22.9 Å². The highest BCUT2D eigenvalue weighted by atomic mass is 32.2. The fourth-order valence-electron chi connectivity index (χ4n) is 4.01. The number of fused-ring (bicyclic) bond motifs is 3. The summed E-state index contributed by atoms with van der Waals surface area (Å²) in [5.41, 5.74) is 4.55. The van der Waals surface area contributed by atoms with Gasteiger partial charge in [0.15, 0.2) is 0 Å². The van der Waals surface area contributed by atoms with Crippen LogP contribution in [0.25, 0.3) is 11.1 Å². The molecule has 6 heteroatoms. The Hall–Kier alpha value is -2.47. The van der Waals surface area contributed by atoms with Gasteiger partial charge >= 0.3 is 6.09 Å². The molecule has 0 aromatic heterocycles. The number of thioether (sulfide) groups is 1. The van der Waals surface area contributed by atoms with Gasteiger partial charge in [0.25, 0.3) is 0 Å². The molecular weight excluding hydrogens is 362 g/mol. The molecule has 27 heavy (non-hydrogen) atoms. The maximum atomic E-state index is 12.6. The Morgan fingerprint density at radius 1 is 1.11 bits per heavy atom. The van der Waals surface area contributed by atoms with Crippen LogP contribution in [0.2, 0.25) is 0 Å². The van der Waals surface area contributed by atoms with E-state index in [1.807, 2.05) is 36.4 Å². The third-order valence-corrected chi connectivity index (χ3v) is 6.71. The fraction of sp³-hybridized carbons (Fsp3) is 0.333. The Balaban J connectivity index is 1.54. The Labute approximate surface area is 162 Å². The first-order valence-electron chi connectivity index (χ1n) is 8.86. The minimum Gasteiger partial charge on any atom is -0.548 e. The second-order valence-electron chi connectivity index (χ2n) is 7.37. The number of hydrogen-bond acceptors (Lipinski definition) is 5. The first kappa shape index (κ1) is 17.9. The van der Waals surface area contributed by atoms with Crippen LogP contribution in [-0.2, 0) is 9.53 Å². The molecule has 1 atom stereocenters. The number of carbonyl (C=O) groups excluding carboxylic acids is 2. The largest absolute Gasteiger partial charge is 0.548 e. The van der Waals surface area contributed by atoms with Gasteiger partial charge in [0.2, 0.25) is 0 Å². The van der Waals surface area contributed by atoms with Crippen molar-refractivity contribution < 1.29 is 19.4 Å². The standard InChI is InChI=1S/C21H21NO4S/c1-21(2)18(19(23)24)22(12-27-21)20(25)26-11-17-15-9-5-3-7-13(15)14-8-4-6-10-16(14)17/h3-10,17-18H,11-12H2,1-2H3,(H,23,24)/p-1/t18-/m0/s1. The molecule has 0 N–H and O–H groups in total. The summed E-state index contributed by atoms with van der Waals surface area (Å²) >= 11 is 1.41. The molecule has 5 nitrogen and oxygen atoms in total. The summed E-state index contributed by atoms with van der Waals surface area (Å²) in [4.78, 5) is 25.4. The number of benzene rings is 2. The zero-order chi connectivity index (χ0) is 19.2. The van der Waals surface area contributed by atoms with Gasteiger partial charge in [-0.3, -0.25) is 4.90 Å². The van der Waals surface area contributed by atoms with Crippen LogP contribution in [0.3, 0.4) is 0 Å². The summed E-state index contributed by atoms with van der Waals surface area (Å²) in [5.74, 6) is -1.02. The lowest BCUT2D eigenvalue weighted by atomic mass is 9.98. The molecular formula is C21H20NO4S-. The maximum absolute atomic E-state index is 12.6. The van der Waals surface area contributed by atoms with E-state index in [4.69, 9.17) is 4.74 Å². The van der Waals surface area contributed by atoms with E-state index in [0.29, 0.717) is 0 Å². The molecule has 0 bridgehead atoms. The van der Waals surface area contributed by atoms with Crippen LogP contribution in [0, 0.1) is 0 Å². The van der Waals surface area contributed by atoms with Crippen LogP contribution in [0.4, 0.5) is 4.79 Å². The van der Waals surface area contributed by atoms with Crippen molar-refractivity contribution in [2.24, 2.45) is 0 Å². The second-order valence-corrected chi connectivity index (χ2v) is 8.97. The van der Waals surface area contributed by atoms with Gasteiger partial charge in [-0.1, -0.05) is 48.5 Å². The maximum Gasteiger partial charge on any atom is 0.411 e. The first-order valence-corrected chi connectivity index (χ1v) is 9.85. The molecule has 2 aromatic carbocycles. The molecule has 1 heterocycles. The van der Waals surface area contributed by atoms with Crippen LogP contribution in [-0.4, -0.2) is 40.2 Å². The van der Waals surface area contributed by atoms with Gasteiger partial charge in [0.05, 0.1) is 17.9 Å². The number of rotatable bonds is 3. The van der Waals surface area contributed by atoms with E-state index in [1.54, 1.807) is 13.8 Å².